The molecular weight excluding hydrogens is 398 g/mol. The van der Waals surface area contributed by atoms with Gasteiger partial charge in [0.05, 0.1) is 0 Å². The van der Waals surface area contributed by atoms with E-state index in [-0.39, 0.29) is 25.3 Å². The number of nitrogens with one attached hydrogen (secondary N) is 2. The highest BCUT2D eigenvalue weighted by Gasteiger charge is 2.49. The summed E-state index contributed by atoms with van der Waals surface area (Å²) < 4.78 is 10.7. The van der Waals surface area contributed by atoms with Gasteiger partial charge in [0.2, 0.25) is 12.7 Å². The first kappa shape index (κ1) is 20.7. The number of imide groups is 1. The van der Waals surface area contributed by atoms with Crippen LogP contribution in [0.5, 0.6) is 11.5 Å². The van der Waals surface area contributed by atoms with Crippen LogP contribution < -0.4 is 20.1 Å². The predicted octanol–water partition coefficient (Wildman–Crippen LogP) is 2.32. The van der Waals surface area contributed by atoms with Crippen molar-refractivity contribution in [3.8, 4) is 11.5 Å². The zero-order chi connectivity index (χ0) is 22.0. The Morgan fingerprint density at radius 3 is 2.68 bits per heavy atom. The number of rotatable bonds is 7. The van der Waals surface area contributed by atoms with E-state index in [4.69, 9.17) is 9.47 Å². The van der Waals surface area contributed by atoms with Crippen molar-refractivity contribution in [3.05, 3.63) is 59.7 Å². The summed E-state index contributed by atoms with van der Waals surface area (Å²) in [7, 11) is 0. The lowest BCUT2D eigenvalue weighted by atomic mass is 9.91. The van der Waals surface area contributed by atoms with Crippen LogP contribution in [0.15, 0.2) is 48.5 Å². The molecule has 0 bridgehead atoms. The average Bonchev–Trinajstić information content (AvgIpc) is 3.31. The van der Waals surface area contributed by atoms with Gasteiger partial charge in [-0.2, -0.15) is 0 Å². The fourth-order valence-electron chi connectivity index (χ4n) is 3.81. The van der Waals surface area contributed by atoms with E-state index in [0.717, 1.165) is 17.7 Å². The Kier molecular flexibility index (Phi) is 5.54. The van der Waals surface area contributed by atoms with Crippen LogP contribution in [0.3, 0.4) is 0 Å². The lowest BCUT2D eigenvalue weighted by Crippen LogP contribution is -2.45. The maximum absolute atomic E-state index is 13.1. The third-order valence-corrected chi connectivity index (χ3v) is 5.64. The molecule has 2 aromatic carbocycles. The van der Waals surface area contributed by atoms with Crippen molar-refractivity contribution in [1.82, 2.24) is 15.5 Å². The number of amides is 4. The highest BCUT2D eigenvalue weighted by atomic mass is 16.7. The van der Waals surface area contributed by atoms with Crippen LogP contribution in [-0.2, 0) is 21.5 Å². The Labute approximate surface area is 180 Å². The summed E-state index contributed by atoms with van der Waals surface area (Å²) in [6.07, 6.45) is 1.58. The summed E-state index contributed by atoms with van der Waals surface area (Å²) in [5.74, 6) is 0.247. The average molecular weight is 423 g/mol. The molecule has 2 atom stereocenters. The van der Waals surface area contributed by atoms with Crippen LogP contribution in [-0.4, -0.2) is 42.1 Å². The van der Waals surface area contributed by atoms with Gasteiger partial charge in [-0.1, -0.05) is 36.4 Å². The summed E-state index contributed by atoms with van der Waals surface area (Å²) in [6, 6.07) is 14.4. The number of benzene rings is 2. The zero-order valence-corrected chi connectivity index (χ0v) is 17.5. The van der Waals surface area contributed by atoms with E-state index in [1.807, 2.05) is 37.3 Å². The van der Waals surface area contributed by atoms with Gasteiger partial charge in [-0.3, -0.25) is 14.5 Å². The van der Waals surface area contributed by atoms with E-state index < -0.39 is 17.5 Å². The van der Waals surface area contributed by atoms with Crippen LogP contribution in [0.25, 0.3) is 0 Å². The van der Waals surface area contributed by atoms with Gasteiger partial charge in [0, 0.05) is 6.04 Å². The topological polar surface area (TPSA) is 97.0 Å². The molecule has 4 rings (SSSR count). The molecule has 0 aliphatic carbocycles. The second kappa shape index (κ2) is 8.29. The minimum Gasteiger partial charge on any atom is -0.454 e. The molecule has 2 heterocycles. The number of fused-ring (bicyclic) bond motifs is 1. The van der Waals surface area contributed by atoms with E-state index in [0.29, 0.717) is 17.1 Å². The Morgan fingerprint density at radius 1 is 1.16 bits per heavy atom. The monoisotopic (exact) mass is 423 g/mol. The molecule has 0 spiro atoms. The minimum absolute atomic E-state index is 0.0892. The van der Waals surface area contributed by atoms with Crippen molar-refractivity contribution >= 4 is 17.8 Å². The number of hydrogen-bond donors (Lipinski definition) is 2. The molecule has 0 aromatic heterocycles. The van der Waals surface area contributed by atoms with Gasteiger partial charge in [0.25, 0.3) is 5.91 Å². The van der Waals surface area contributed by atoms with Crippen molar-refractivity contribution in [1.29, 1.82) is 0 Å². The molecule has 4 amide bonds. The van der Waals surface area contributed by atoms with Crippen molar-refractivity contribution in [2.75, 3.05) is 13.3 Å². The summed E-state index contributed by atoms with van der Waals surface area (Å²) in [5.41, 5.74) is 0.475. The first-order valence-corrected chi connectivity index (χ1v) is 10.2. The van der Waals surface area contributed by atoms with Crippen LogP contribution in [0, 0.1) is 0 Å². The van der Waals surface area contributed by atoms with Gasteiger partial charge in [0.1, 0.15) is 12.1 Å². The highest BCUT2D eigenvalue weighted by molar-refractivity contribution is 6.09. The van der Waals surface area contributed by atoms with Gasteiger partial charge in [-0.25, -0.2) is 4.79 Å². The molecule has 8 heteroatoms. The van der Waals surface area contributed by atoms with Crippen molar-refractivity contribution < 1.29 is 23.9 Å². The van der Waals surface area contributed by atoms with Gasteiger partial charge >= 0.3 is 6.03 Å². The Bertz CT molecular complexity index is 1010. The second-order valence-corrected chi connectivity index (χ2v) is 8.01. The number of carbonyl (C=O) groups excluding carboxylic acids is 3. The molecular formula is C23H25N3O5. The molecule has 0 saturated carbocycles. The number of ether oxygens (including phenoxy) is 2. The number of nitrogens with zero attached hydrogens (tertiary/aromatic N) is 1. The summed E-state index contributed by atoms with van der Waals surface area (Å²) >= 11 is 0. The maximum Gasteiger partial charge on any atom is 0.325 e. The number of hydrogen-bond acceptors (Lipinski definition) is 5. The number of carbonyl (C=O) groups is 3. The standard InChI is InChI=1S/C23H25N3O5/c1-15(8-9-16-6-4-3-5-7-16)24-20(27)13-26-21(28)23(2,25-22(26)29)17-10-11-18-19(12-17)31-14-30-18/h3-7,10-12,15H,8-9,13-14H2,1-2H3,(H,24,27)(H,25,29)/t15-,23+/m1/s1. The quantitative estimate of drug-likeness (QED) is 0.667. The van der Waals surface area contributed by atoms with Crippen molar-refractivity contribution in [3.63, 3.8) is 0 Å². The van der Waals surface area contributed by atoms with Crippen molar-refractivity contribution in [2.45, 2.75) is 38.3 Å². The lowest BCUT2D eigenvalue weighted by molar-refractivity contribution is -0.135. The zero-order valence-electron chi connectivity index (χ0n) is 17.5. The largest absolute Gasteiger partial charge is 0.454 e. The Hall–Kier alpha value is -3.55. The Balaban J connectivity index is 1.37. The number of urea groups is 1. The molecule has 2 aliphatic heterocycles. The van der Waals surface area contributed by atoms with E-state index in [9.17, 15) is 14.4 Å². The fourth-order valence-corrected chi connectivity index (χ4v) is 3.81. The van der Waals surface area contributed by atoms with Gasteiger partial charge < -0.3 is 20.1 Å². The van der Waals surface area contributed by atoms with E-state index >= 15 is 0 Å². The first-order valence-electron chi connectivity index (χ1n) is 10.2. The Morgan fingerprint density at radius 2 is 1.90 bits per heavy atom. The van der Waals surface area contributed by atoms with Crippen molar-refractivity contribution in [2.24, 2.45) is 0 Å². The summed E-state index contributed by atoms with van der Waals surface area (Å²) in [4.78, 5) is 39.0. The minimum atomic E-state index is -1.28. The van der Waals surface area contributed by atoms with E-state index in [1.165, 1.54) is 5.56 Å². The fraction of sp³-hybridized carbons (Fsp3) is 0.348. The van der Waals surface area contributed by atoms with E-state index in [2.05, 4.69) is 10.6 Å². The van der Waals surface area contributed by atoms with Gasteiger partial charge in [0.15, 0.2) is 11.5 Å². The lowest BCUT2D eigenvalue weighted by Gasteiger charge is -2.22. The SMILES string of the molecule is C[C@H](CCc1ccccc1)NC(=O)CN1C(=O)N[C@@](C)(c2ccc3c(c2)OCO3)C1=O. The molecule has 2 N–H and O–H groups in total. The predicted molar refractivity (Wildman–Crippen MR) is 113 cm³/mol. The normalized spacial score (nSPS) is 20.5. The number of aryl methyl sites for hydroxylation is 1. The third-order valence-electron chi connectivity index (χ3n) is 5.64. The first-order chi connectivity index (χ1) is 14.9. The maximum atomic E-state index is 13.1. The molecule has 1 saturated heterocycles. The van der Waals surface area contributed by atoms with E-state index in [1.54, 1.807) is 25.1 Å². The molecule has 31 heavy (non-hydrogen) atoms. The molecule has 2 aromatic rings. The van der Waals surface area contributed by atoms with Crippen LogP contribution in [0.1, 0.15) is 31.4 Å². The molecule has 162 valence electrons. The van der Waals surface area contributed by atoms with Crippen LogP contribution in [0.4, 0.5) is 4.79 Å². The third kappa shape index (κ3) is 4.19. The van der Waals surface area contributed by atoms with Gasteiger partial charge in [-0.15, -0.1) is 0 Å². The molecule has 0 radical (unpaired) electrons. The van der Waals surface area contributed by atoms with Crippen LogP contribution in [0.2, 0.25) is 0 Å². The highest BCUT2D eigenvalue weighted by Crippen LogP contribution is 2.37. The summed E-state index contributed by atoms with van der Waals surface area (Å²) in [5, 5.41) is 5.57. The smallest absolute Gasteiger partial charge is 0.325 e. The molecule has 0 unspecified atom stereocenters. The van der Waals surface area contributed by atoms with Crippen LogP contribution >= 0.6 is 0 Å². The summed E-state index contributed by atoms with van der Waals surface area (Å²) in [6.45, 7) is 3.31. The molecule has 2 aliphatic rings. The molecule has 8 nitrogen and oxygen atoms in total. The second-order valence-electron chi connectivity index (χ2n) is 8.01. The molecule has 1 fully saturated rings. The van der Waals surface area contributed by atoms with Gasteiger partial charge in [-0.05, 0) is 49.9 Å².